The van der Waals surface area contributed by atoms with Crippen molar-refractivity contribution in [1.29, 1.82) is 0 Å². The number of methoxy groups -OCH3 is 2. The SMILES string of the molecule is COc1cc(-c2ccc(OS(C)(=O)=O)cc2)c(OC)c(NC(=O)OC(C)(C)C)c1-c1ccc(OCc2ccccc2)c(OS(C)(=O)=O)c1. The Kier molecular flexibility index (Phi) is 10.8. The molecule has 0 radical (unpaired) electrons. The molecule has 0 spiro atoms. The molecular weight excluding hydrogens is 663 g/mol. The van der Waals surface area contributed by atoms with Crippen LogP contribution in [0.4, 0.5) is 10.5 Å². The van der Waals surface area contributed by atoms with Crippen molar-refractivity contribution in [1.82, 2.24) is 0 Å². The van der Waals surface area contributed by atoms with Crippen molar-refractivity contribution in [3.63, 3.8) is 0 Å². The van der Waals surface area contributed by atoms with Gasteiger partial charge in [-0.2, -0.15) is 16.8 Å². The third kappa shape index (κ3) is 9.78. The maximum Gasteiger partial charge on any atom is 0.412 e. The fourth-order valence-electron chi connectivity index (χ4n) is 4.65. The van der Waals surface area contributed by atoms with Gasteiger partial charge in [0.15, 0.2) is 17.2 Å². The molecule has 0 unspecified atom stereocenters. The number of hydrogen-bond acceptors (Lipinski definition) is 11. The first-order valence-electron chi connectivity index (χ1n) is 14.5. The van der Waals surface area contributed by atoms with Crippen LogP contribution >= 0.6 is 0 Å². The highest BCUT2D eigenvalue weighted by Crippen LogP contribution is 2.50. The second-order valence-electron chi connectivity index (χ2n) is 11.6. The fourth-order valence-corrected chi connectivity index (χ4v) is 5.57. The number of hydrogen-bond donors (Lipinski definition) is 1. The molecule has 48 heavy (non-hydrogen) atoms. The molecule has 0 aliphatic rings. The molecule has 0 heterocycles. The molecule has 0 aliphatic carbocycles. The predicted octanol–water partition coefficient (Wildman–Crippen LogP) is 6.64. The predicted molar refractivity (Wildman–Crippen MR) is 182 cm³/mol. The minimum atomic E-state index is -3.99. The normalized spacial score (nSPS) is 11.7. The van der Waals surface area contributed by atoms with Crippen molar-refractivity contribution in [2.24, 2.45) is 0 Å². The van der Waals surface area contributed by atoms with Crippen molar-refractivity contribution in [3.8, 4) is 51.0 Å². The van der Waals surface area contributed by atoms with Crippen LogP contribution in [-0.2, 0) is 31.6 Å². The van der Waals surface area contributed by atoms with Crippen molar-refractivity contribution >= 4 is 32.0 Å². The second kappa shape index (κ2) is 14.4. The first kappa shape index (κ1) is 35.9. The quantitative estimate of drug-likeness (QED) is 0.158. The zero-order valence-corrected chi connectivity index (χ0v) is 29.2. The number of anilines is 1. The zero-order valence-electron chi connectivity index (χ0n) is 27.5. The average Bonchev–Trinajstić information content (AvgIpc) is 2.98. The van der Waals surface area contributed by atoms with Gasteiger partial charge in [0.25, 0.3) is 0 Å². The molecule has 1 N–H and O–H groups in total. The first-order valence-corrected chi connectivity index (χ1v) is 18.1. The van der Waals surface area contributed by atoms with E-state index < -0.39 is 31.9 Å². The number of amides is 1. The van der Waals surface area contributed by atoms with Crippen LogP contribution in [0.5, 0.6) is 28.7 Å². The summed E-state index contributed by atoms with van der Waals surface area (Å²) >= 11 is 0. The summed E-state index contributed by atoms with van der Waals surface area (Å²) in [6.45, 7) is 5.28. The average molecular weight is 700 g/mol. The van der Waals surface area contributed by atoms with Crippen molar-refractivity contribution in [2.75, 3.05) is 32.0 Å². The van der Waals surface area contributed by atoms with E-state index in [-0.39, 0.29) is 41.0 Å². The van der Waals surface area contributed by atoms with Gasteiger partial charge in [-0.15, -0.1) is 0 Å². The van der Waals surface area contributed by atoms with Gasteiger partial charge in [-0.25, -0.2) is 4.79 Å². The van der Waals surface area contributed by atoms with Crippen LogP contribution < -0.4 is 27.9 Å². The molecule has 4 rings (SSSR count). The molecule has 256 valence electrons. The van der Waals surface area contributed by atoms with E-state index in [4.69, 9.17) is 27.3 Å². The molecule has 1 amide bonds. The standard InChI is InChI=1S/C34H37NO11S2/c1-34(2,3)44-33(36)35-31-30(24-15-18-27(28(19-24)46-48(7,39)40)43-21-22-11-9-8-10-12-22)29(41-4)20-26(32(31)42-5)23-13-16-25(17-14-23)45-47(6,37)38/h8-20H,21H2,1-7H3,(H,35,36). The molecular formula is C34H37NO11S2. The maximum absolute atomic E-state index is 13.2. The monoisotopic (exact) mass is 699 g/mol. The van der Waals surface area contributed by atoms with E-state index in [1.165, 1.54) is 32.4 Å². The van der Waals surface area contributed by atoms with Crippen LogP contribution in [0.2, 0.25) is 0 Å². The lowest BCUT2D eigenvalue weighted by atomic mass is 9.95. The summed E-state index contributed by atoms with van der Waals surface area (Å²) in [5.41, 5.74) is 1.87. The topological polar surface area (TPSA) is 153 Å². The van der Waals surface area contributed by atoms with Crippen molar-refractivity contribution < 1.29 is 48.9 Å². The number of benzene rings is 4. The van der Waals surface area contributed by atoms with Gasteiger partial charge < -0.3 is 27.3 Å². The van der Waals surface area contributed by atoms with E-state index in [9.17, 15) is 21.6 Å². The number of carbonyl (C=O) groups is 1. The Hall–Kier alpha value is -4.95. The Bertz CT molecular complexity index is 1990. The summed E-state index contributed by atoms with van der Waals surface area (Å²) in [5, 5.41) is 2.78. The molecule has 0 bridgehead atoms. The lowest BCUT2D eigenvalue weighted by molar-refractivity contribution is 0.0635. The van der Waals surface area contributed by atoms with E-state index in [0.29, 0.717) is 22.3 Å². The Morgan fingerprint density at radius 3 is 1.92 bits per heavy atom. The molecule has 0 saturated heterocycles. The molecule has 0 saturated carbocycles. The molecule has 4 aromatic carbocycles. The van der Waals surface area contributed by atoms with Gasteiger partial charge in [-0.1, -0.05) is 48.5 Å². The minimum absolute atomic E-state index is 0.0966. The Balaban J connectivity index is 1.91. The Morgan fingerprint density at radius 1 is 0.729 bits per heavy atom. The third-order valence-corrected chi connectivity index (χ3v) is 7.39. The number of ether oxygens (including phenoxy) is 4. The molecule has 0 fully saturated rings. The summed E-state index contributed by atoms with van der Waals surface area (Å²) in [5.74, 6) is 0.623. The number of carbonyl (C=O) groups excluding carboxylic acids is 1. The molecule has 14 heteroatoms. The highest BCUT2D eigenvalue weighted by Gasteiger charge is 2.27. The van der Waals surface area contributed by atoms with E-state index >= 15 is 0 Å². The van der Waals surface area contributed by atoms with Crippen molar-refractivity contribution in [3.05, 3.63) is 84.4 Å². The van der Waals surface area contributed by atoms with Gasteiger partial charge in [0.05, 0.1) is 38.0 Å². The lowest BCUT2D eigenvalue weighted by Gasteiger charge is -2.24. The van der Waals surface area contributed by atoms with Crippen LogP contribution in [0.15, 0.2) is 78.9 Å². The van der Waals surface area contributed by atoms with Crippen LogP contribution in [-0.4, -0.2) is 55.3 Å². The smallest absolute Gasteiger partial charge is 0.412 e. The number of nitrogens with one attached hydrogen (secondary N) is 1. The minimum Gasteiger partial charge on any atom is -0.496 e. The van der Waals surface area contributed by atoms with E-state index in [2.05, 4.69) is 5.32 Å². The number of rotatable bonds is 12. The van der Waals surface area contributed by atoms with Gasteiger partial charge in [0.1, 0.15) is 23.7 Å². The van der Waals surface area contributed by atoms with Gasteiger partial charge in [0.2, 0.25) is 0 Å². The second-order valence-corrected chi connectivity index (χ2v) is 14.7. The summed E-state index contributed by atoms with van der Waals surface area (Å²) in [7, 11) is -4.90. The summed E-state index contributed by atoms with van der Waals surface area (Å²) < 4.78 is 81.3. The third-order valence-electron chi connectivity index (χ3n) is 6.42. The summed E-state index contributed by atoms with van der Waals surface area (Å²) in [4.78, 5) is 13.2. The van der Waals surface area contributed by atoms with Gasteiger partial charge >= 0.3 is 26.3 Å². The van der Waals surface area contributed by atoms with Crippen LogP contribution in [0.1, 0.15) is 26.3 Å². The lowest BCUT2D eigenvalue weighted by Crippen LogP contribution is -2.27. The van der Waals surface area contributed by atoms with Crippen LogP contribution in [0, 0.1) is 0 Å². The van der Waals surface area contributed by atoms with Crippen molar-refractivity contribution in [2.45, 2.75) is 33.0 Å². The van der Waals surface area contributed by atoms with E-state index in [1.807, 2.05) is 30.3 Å². The van der Waals surface area contributed by atoms with E-state index in [0.717, 1.165) is 18.1 Å². The van der Waals surface area contributed by atoms with Crippen LogP contribution in [0.25, 0.3) is 22.3 Å². The Morgan fingerprint density at radius 2 is 1.35 bits per heavy atom. The first-order chi connectivity index (χ1) is 22.5. The summed E-state index contributed by atoms with van der Waals surface area (Å²) in [6, 6.07) is 21.8. The van der Waals surface area contributed by atoms with Crippen LogP contribution in [0.3, 0.4) is 0 Å². The summed E-state index contributed by atoms with van der Waals surface area (Å²) in [6.07, 6.45) is 1.06. The van der Waals surface area contributed by atoms with Gasteiger partial charge in [-0.05, 0) is 67.8 Å². The Labute approximate surface area is 280 Å². The molecule has 0 aliphatic heterocycles. The van der Waals surface area contributed by atoms with Gasteiger partial charge in [0, 0.05) is 5.56 Å². The molecule has 0 aromatic heterocycles. The molecule has 12 nitrogen and oxygen atoms in total. The molecule has 4 aromatic rings. The largest absolute Gasteiger partial charge is 0.496 e. The van der Waals surface area contributed by atoms with E-state index in [1.54, 1.807) is 51.1 Å². The highest BCUT2D eigenvalue weighted by atomic mass is 32.2. The fraction of sp³-hybridized carbons (Fsp3) is 0.265. The van der Waals surface area contributed by atoms with Gasteiger partial charge in [-0.3, -0.25) is 5.32 Å². The maximum atomic E-state index is 13.2. The highest BCUT2D eigenvalue weighted by molar-refractivity contribution is 7.86. The zero-order chi connectivity index (χ0) is 35.3. The molecule has 0 atom stereocenters.